The Kier molecular flexibility index (Phi) is 5.12. The van der Waals surface area contributed by atoms with Gasteiger partial charge in [0.1, 0.15) is 12.2 Å². The van der Waals surface area contributed by atoms with E-state index in [4.69, 9.17) is 0 Å². The number of hydrogen-bond donors (Lipinski definition) is 1. The van der Waals surface area contributed by atoms with Gasteiger partial charge in [0.25, 0.3) is 0 Å². The number of aromatic nitrogens is 3. The summed E-state index contributed by atoms with van der Waals surface area (Å²) in [5.41, 5.74) is 1.57. The van der Waals surface area contributed by atoms with E-state index in [9.17, 15) is 0 Å². The molecule has 1 atom stereocenters. The summed E-state index contributed by atoms with van der Waals surface area (Å²) in [6, 6.07) is 11.2. The predicted octanol–water partition coefficient (Wildman–Crippen LogP) is 2.70. The highest BCUT2D eigenvalue weighted by Crippen LogP contribution is 2.27. The third kappa shape index (κ3) is 4.39. The molecule has 4 nitrogen and oxygen atoms in total. The van der Waals surface area contributed by atoms with E-state index in [1.54, 1.807) is 6.33 Å². The summed E-state index contributed by atoms with van der Waals surface area (Å²) in [6.07, 6.45) is 3.76. The Morgan fingerprint density at radius 2 is 1.95 bits per heavy atom. The first-order chi connectivity index (χ1) is 9.99. The molecule has 0 fully saturated rings. The molecule has 0 radical (unpaired) electrons. The number of rotatable bonds is 7. The van der Waals surface area contributed by atoms with Crippen LogP contribution in [0.25, 0.3) is 0 Å². The van der Waals surface area contributed by atoms with Crippen molar-refractivity contribution in [3.8, 4) is 0 Å². The SMILES string of the molecule is CC(CC(C)(C)c1ccccc1)NCCc1nncn1C. The van der Waals surface area contributed by atoms with E-state index >= 15 is 0 Å². The van der Waals surface area contributed by atoms with Gasteiger partial charge in [-0.05, 0) is 24.3 Å². The van der Waals surface area contributed by atoms with E-state index in [0.29, 0.717) is 6.04 Å². The first-order valence-electron chi connectivity index (χ1n) is 7.61. The van der Waals surface area contributed by atoms with Crippen LogP contribution in [0.15, 0.2) is 36.7 Å². The molecular weight excluding hydrogens is 260 g/mol. The van der Waals surface area contributed by atoms with Crippen molar-refractivity contribution in [2.45, 2.75) is 45.1 Å². The minimum Gasteiger partial charge on any atom is -0.321 e. The van der Waals surface area contributed by atoms with Crippen LogP contribution in [0.3, 0.4) is 0 Å². The minimum atomic E-state index is 0.179. The third-order valence-corrected chi connectivity index (χ3v) is 4.02. The molecule has 1 aromatic heterocycles. The van der Waals surface area contributed by atoms with Gasteiger partial charge in [0.2, 0.25) is 0 Å². The smallest absolute Gasteiger partial charge is 0.133 e. The molecule has 114 valence electrons. The summed E-state index contributed by atoms with van der Waals surface area (Å²) >= 11 is 0. The van der Waals surface area contributed by atoms with Gasteiger partial charge in [0.05, 0.1) is 0 Å². The monoisotopic (exact) mass is 286 g/mol. The summed E-state index contributed by atoms with van der Waals surface area (Å²) in [6.45, 7) is 7.80. The Balaban J connectivity index is 1.81. The lowest BCUT2D eigenvalue weighted by Crippen LogP contribution is -2.34. The summed E-state index contributed by atoms with van der Waals surface area (Å²) in [5.74, 6) is 1.03. The Hall–Kier alpha value is -1.68. The minimum absolute atomic E-state index is 0.179. The van der Waals surface area contributed by atoms with E-state index in [1.165, 1.54) is 5.56 Å². The zero-order valence-corrected chi connectivity index (χ0v) is 13.5. The van der Waals surface area contributed by atoms with Crippen LogP contribution in [0, 0.1) is 0 Å². The molecule has 2 rings (SSSR count). The fraction of sp³-hybridized carbons (Fsp3) is 0.529. The van der Waals surface area contributed by atoms with Crippen molar-refractivity contribution in [1.29, 1.82) is 0 Å². The average Bonchev–Trinajstić information content (AvgIpc) is 2.85. The molecular formula is C17H26N4. The molecule has 0 spiro atoms. The molecule has 21 heavy (non-hydrogen) atoms. The van der Waals surface area contributed by atoms with E-state index in [1.807, 2.05) is 11.6 Å². The van der Waals surface area contributed by atoms with Gasteiger partial charge in [-0.15, -0.1) is 10.2 Å². The van der Waals surface area contributed by atoms with E-state index < -0.39 is 0 Å². The highest BCUT2D eigenvalue weighted by atomic mass is 15.2. The van der Waals surface area contributed by atoms with Crippen molar-refractivity contribution in [2.75, 3.05) is 6.54 Å². The first kappa shape index (κ1) is 15.7. The zero-order chi connectivity index (χ0) is 15.3. The quantitative estimate of drug-likeness (QED) is 0.851. The molecule has 1 aromatic carbocycles. The summed E-state index contributed by atoms with van der Waals surface area (Å²) in [7, 11) is 1.98. The van der Waals surface area contributed by atoms with Crippen LogP contribution in [-0.2, 0) is 18.9 Å². The second kappa shape index (κ2) is 6.85. The highest BCUT2D eigenvalue weighted by molar-refractivity contribution is 5.23. The van der Waals surface area contributed by atoms with Crippen molar-refractivity contribution in [3.05, 3.63) is 48.0 Å². The molecule has 1 heterocycles. The molecule has 0 aliphatic carbocycles. The van der Waals surface area contributed by atoms with Crippen LogP contribution in [0.2, 0.25) is 0 Å². The van der Waals surface area contributed by atoms with Gasteiger partial charge >= 0.3 is 0 Å². The molecule has 0 bridgehead atoms. The summed E-state index contributed by atoms with van der Waals surface area (Å²) in [4.78, 5) is 0. The van der Waals surface area contributed by atoms with Gasteiger partial charge in [-0.3, -0.25) is 0 Å². The van der Waals surface area contributed by atoms with Crippen LogP contribution < -0.4 is 5.32 Å². The lowest BCUT2D eigenvalue weighted by atomic mass is 9.79. The molecule has 0 saturated heterocycles. The topological polar surface area (TPSA) is 42.7 Å². The van der Waals surface area contributed by atoms with Crippen LogP contribution in [-0.4, -0.2) is 27.4 Å². The summed E-state index contributed by atoms with van der Waals surface area (Å²) in [5, 5.41) is 11.6. The zero-order valence-electron chi connectivity index (χ0n) is 13.5. The Morgan fingerprint density at radius 3 is 2.57 bits per heavy atom. The molecule has 0 saturated carbocycles. The molecule has 0 aliphatic rings. The summed E-state index contributed by atoms with van der Waals surface area (Å²) < 4.78 is 1.97. The lowest BCUT2D eigenvalue weighted by Gasteiger charge is -2.29. The number of benzene rings is 1. The molecule has 0 aliphatic heterocycles. The molecule has 1 N–H and O–H groups in total. The lowest BCUT2D eigenvalue weighted by molar-refractivity contribution is 0.389. The second-order valence-corrected chi connectivity index (χ2v) is 6.42. The van der Waals surface area contributed by atoms with Gasteiger partial charge in [-0.25, -0.2) is 0 Å². The molecule has 1 unspecified atom stereocenters. The van der Waals surface area contributed by atoms with E-state index in [2.05, 4.69) is 66.6 Å². The molecule has 4 heteroatoms. The second-order valence-electron chi connectivity index (χ2n) is 6.42. The van der Waals surface area contributed by atoms with Gasteiger partial charge in [-0.1, -0.05) is 44.2 Å². The van der Waals surface area contributed by atoms with Crippen LogP contribution in [0.1, 0.15) is 38.6 Å². The largest absolute Gasteiger partial charge is 0.321 e. The number of nitrogens with one attached hydrogen (secondary N) is 1. The number of nitrogens with zero attached hydrogens (tertiary/aromatic N) is 3. The van der Waals surface area contributed by atoms with Crippen molar-refractivity contribution in [1.82, 2.24) is 20.1 Å². The number of hydrogen-bond acceptors (Lipinski definition) is 3. The maximum absolute atomic E-state index is 4.11. The number of aryl methyl sites for hydroxylation is 1. The fourth-order valence-electron chi connectivity index (χ4n) is 2.81. The van der Waals surface area contributed by atoms with Gasteiger partial charge in [0.15, 0.2) is 0 Å². The first-order valence-corrected chi connectivity index (χ1v) is 7.61. The standard InChI is InChI=1S/C17H26N4/c1-14(18-11-10-16-20-19-13-21(16)4)12-17(2,3)15-8-6-5-7-9-15/h5-9,13-14,18H,10-12H2,1-4H3. The Bertz CT molecular complexity index is 545. The Morgan fingerprint density at radius 1 is 1.24 bits per heavy atom. The highest BCUT2D eigenvalue weighted by Gasteiger charge is 2.22. The average molecular weight is 286 g/mol. The predicted molar refractivity (Wildman–Crippen MR) is 86.3 cm³/mol. The van der Waals surface area contributed by atoms with Crippen molar-refractivity contribution in [2.24, 2.45) is 7.05 Å². The third-order valence-electron chi connectivity index (χ3n) is 4.02. The van der Waals surface area contributed by atoms with Crippen molar-refractivity contribution < 1.29 is 0 Å². The Labute approximate surface area is 127 Å². The van der Waals surface area contributed by atoms with Gasteiger partial charge in [0, 0.05) is 26.1 Å². The van der Waals surface area contributed by atoms with Crippen molar-refractivity contribution in [3.63, 3.8) is 0 Å². The molecule has 0 amide bonds. The molecule has 2 aromatic rings. The fourth-order valence-corrected chi connectivity index (χ4v) is 2.81. The van der Waals surface area contributed by atoms with E-state index in [-0.39, 0.29) is 5.41 Å². The van der Waals surface area contributed by atoms with Crippen LogP contribution >= 0.6 is 0 Å². The van der Waals surface area contributed by atoms with Crippen LogP contribution in [0.5, 0.6) is 0 Å². The normalized spacial score (nSPS) is 13.3. The van der Waals surface area contributed by atoms with Gasteiger partial charge in [-0.2, -0.15) is 0 Å². The van der Waals surface area contributed by atoms with Crippen molar-refractivity contribution >= 4 is 0 Å². The maximum Gasteiger partial charge on any atom is 0.133 e. The van der Waals surface area contributed by atoms with Crippen LogP contribution in [0.4, 0.5) is 0 Å². The van der Waals surface area contributed by atoms with Gasteiger partial charge < -0.3 is 9.88 Å². The maximum atomic E-state index is 4.11. The van der Waals surface area contributed by atoms with E-state index in [0.717, 1.165) is 25.2 Å².